The van der Waals surface area contributed by atoms with Crippen LogP contribution < -0.4 is 0 Å². The Kier molecular flexibility index (Phi) is 2.86. The third-order valence-electron chi connectivity index (χ3n) is 1.65. The molecule has 2 heterocycles. The highest BCUT2D eigenvalue weighted by Gasteiger charge is 1.92. The van der Waals surface area contributed by atoms with Crippen LogP contribution >= 0.6 is 0 Å². The lowest BCUT2D eigenvalue weighted by atomic mass is 10.3. The molecule has 12 heavy (non-hydrogen) atoms. The zero-order chi connectivity index (χ0) is 8.97. The molecule has 2 heteroatoms. The van der Waals surface area contributed by atoms with E-state index in [0.717, 1.165) is 0 Å². The van der Waals surface area contributed by atoms with Crippen LogP contribution in [0.2, 0.25) is 0 Å². The van der Waals surface area contributed by atoms with Gasteiger partial charge < -0.3 is 0 Å². The molecule has 0 atom stereocenters. The maximum Gasteiger partial charge on any atom is 0.0675 e. The summed E-state index contributed by atoms with van der Waals surface area (Å²) in [6.45, 7) is 6.08. The summed E-state index contributed by atoms with van der Waals surface area (Å²) >= 11 is 0. The second kappa shape index (κ2) is 3.90. The van der Waals surface area contributed by atoms with Crippen LogP contribution in [0, 0.1) is 6.92 Å². The molecular formula is C10H14N2. The smallest absolute Gasteiger partial charge is 0.0675 e. The number of fused-ring (bicyclic) bond motifs is 1. The molecule has 0 aliphatic heterocycles. The van der Waals surface area contributed by atoms with Gasteiger partial charge in [-0.05, 0) is 30.7 Å². The monoisotopic (exact) mass is 162 g/mol. The van der Waals surface area contributed by atoms with E-state index in [2.05, 4.69) is 18.1 Å². The first kappa shape index (κ1) is 8.78. The zero-order valence-corrected chi connectivity index (χ0v) is 7.78. The van der Waals surface area contributed by atoms with Crippen LogP contribution in [0.25, 0.3) is 5.52 Å². The van der Waals surface area contributed by atoms with Gasteiger partial charge in [0.05, 0.1) is 5.52 Å². The first-order chi connectivity index (χ1) is 5.88. The van der Waals surface area contributed by atoms with E-state index in [-0.39, 0.29) is 0 Å². The Labute approximate surface area is 72.8 Å². The molecule has 0 aromatic carbocycles. The summed E-state index contributed by atoms with van der Waals surface area (Å²) < 4.78 is 1.87. The molecule has 64 valence electrons. The topological polar surface area (TPSA) is 17.3 Å². The number of aromatic nitrogens is 2. The molecule has 2 rings (SSSR count). The quantitative estimate of drug-likeness (QED) is 0.582. The van der Waals surface area contributed by atoms with E-state index in [1.165, 1.54) is 11.1 Å². The zero-order valence-electron chi connectivity index (χ0n) is 7.78. The minimum atomic E-state index is 1.18. The minimum absolute atomic E-state index is 1.18. The standard InChI is InChI=1S/C8H8N2.C2H6/c1-7-4-5-9-10-6-2-3-8(7)10;1-2/h2-6H,1H3;1-2H3. The molecule has 2 aromatic rings. The SMILES string of the molecule is CC.Cc1ccnn2cccc12. The molecule has 0 aliphatic rings. The normalized spacial score (nSPS) is 9.25. The lowest BCUT2D eigenvalue weighted by Crippen LogP contribution is -1.88. The van der Waals surface area contributed by atoms with Gasteiger partial charge in [0.2, 0.25) is 0 Å². The number of nitrogens with zero attached hydrogens (tertiary/aromatic N) is 2. The maximum absolute atomic E-state index is 4.12. The molecule has 0 spiro atoms. The Morgan fingerprint density at radius 1 is 1.25 bits per heavy atom. The Balaban J connectivity index is 0.000000336. The van der Waals surface area contributed by atoms with Crippen molar-refractivity contribution in [1.82, 2.24) is 9.61 Å². The molecule has 0 saturated carbocycles. The van der Waals surface area contributed by atoms with Gasteiger partial charge in [-0.25, -0.2) is 4.52 Å². The van der Waals surface area contributed by atoms with Crippen LogP contribution in [-0.4, -0.2) is 9.61 Å². The lowest BCUT2D eigenvalue weighted by molar-refractivity contribution is 0.934. The van der Waals surface area contributed by atoms with Crippen LogP contribution in [0.5, 0.6) is 0 Å². The van der Waals surface area contributed by atoms with Crippen LogP contribution in [0.4, 0.5) is 0 Å². The third kappa shape index (κ3) is 1.47. The van der Waals surface area contributed by atoms with Gasteiger partial charge in [0.15, 0.2) is 0 Å². The predicted molar refractivity (Wildman–Crippen MR) is 51.3 cm³/mol. The fourth-order valence-corrected chi connectivity index (χ4v) is 1.09. The highest BCUT2D eigenvalue weighted by atomic mass is 15.2. The van der Waals surface area contributed by atoms with Crippen molar-refractivity contribution in [3.05, 3.63) is 36.2 Å². The highest BCUT2D eigenvalue weighted by molar-refractivity contribution is 5.52. The molecule has 0 amide bonds. The molecule has 0 bridgehead atoms. The molecule has 0 N–H and O–H groups in total. The second-order valence-electron chi connectivity index (χ2n) is 2.35. The van der Waals surface area contributed by atoms with Crippen molar-refractivity contribution in [3.63, 3.8) is 0 Å². The Morgan fingerprint density at radius 3 is 2.67 bits per heavy atom. The molecule has 2 nitrogen and oxygen atoms in total. The molecule has 0 fully saturated rings. The van der Waals surface area contributed by atoms with Crippen molar-refractivity contribution in [1.29, 1.82) is 0 Å². The maximum atomic E-state index is 4.12. The summed E-state index contributed by atoms with van der Waals surface area (Å²) in [5, 5.41) is 4.12. The van der Waals surface area contributed by atoms with Crippen molar-refractivity contribution >= 4 is 5.52 Å². The minimum Gasteiger partial charge on any atom is -0.241 e. The summed E-state index contributed by atoms with van der Waals surface area (Å²) in [6, 6.07) is 6.06. The Morgan fingerprint density at radius 2 is 2.00 bits per heavy atom. The van der Waals surface area contributed by atoms with Crippen molar-refractivity contribution in [2.45, 2.75) is 20.8 Å². The molecule has 0 saturated heterocycles. The summed E-state index contributed by atoms with van der Waals surface area (Å²) in [5.41, 5.74) is 2.45. The van der Waals surface area contributed by atoms with Gasteiger partial charge in [0.25, 0.3) is 0 Å². The van der Waals surface area contributed by atoms with Gasteiger partial charge in [0, 0.05) is 12.4 Å². The van der Waals surface area contributed by atoms with E-state index < -0.39 is 0 Å². The Bertz CT molecular complexity index is 349. The van der Waals surface area contributed by atoms with Crippen molar-refractivity contribution in [2.75, 3.05) is 0 Å². The van der Waals surface area contributed by atoms with Gasteiger partial charge >= 0.3 is 0 Å². The van der Waals surface area contributed by atoms with Crippen LogP contribution in [0.1, 0.15) is 19.4 Å². The first-order valence-electron chi connectivity index (χ1n) is 4.27. The van der Waals surface area contributed by atoms with Crippen molar-refractivity contribution in [3.8, 4) is 0 Å². The third-order valence-corrected chi connectivity index (χ3v) is 1.65. The lowest BCUT2D eigenvalue weighted by Gasteiger charge is -1.94. The summed E-state index contributed by atoms with van der Waals surface area (Å²) in [5.74, 6) is 0. The average Bonchev–Trinajstić information content (AvgIpc) is 2.57. The first-order valence-corrected chi connectivity index (χ1v) is 4.27. The summed E-state index contributed by atoms with van der Waals surface area (Å²) in [4.78, 5) is 0. The van der Waals surface area contributed by atoms with Crippen molar-refractivity contribution < 1.29 is 0 Å². The van der Waals surface area contributed by atoms with E-state index in [1.807, 2.05) is 42.9 Å². The average molecular weight is 162 g/mol. The van der Waals surface area contributed by atoms with E-state index in [9.17, 15) is 0 Å². The Hall–Kier alpha value is -1.31. The van der Waals surface area contributed by atoms with Crippen LogP contribution in [-0.2, 0) is 0 Å². The van der Waals surface area contributed by atoms with Gasteiger partial charge in [-0.1, -0.05) is 13.8 Å². The van der Waals surface area contributed by atoms with E-state index in [1.54, 1.807) is 0 Å². The molecule has 2 aromatic heterocycles. The summed E-state index contributed by atoms with van der Waals surface area (Å²) in [7, 11) is 0. The number of rotatable bonds is 0. The predicted octanol–water partition coefficient (Wildman–Crippen LogP) is 2.67. The largest absolute Gasteiger partial charge is 0.241 e. The van der Waals surface area contributed by atoms with Gasteiger partial charge in [-0.15, -0.1) is 0 Å². The van der Waals surface area contributed by atoms with E-state index >= 15 is 0 Å². The van der Waals surface area contributed by atoms with E-state index in [4.69, 9.17) is 0 Å². The molecule has 0 unspecified atom stereocenters. The van der Waals surface area contributed by atoms with E-state index in [0.29, 0.717) is 0 Å². The summed E-state index contributed by atoms with van der Waals surface area (Å²) in [6.07, 6.45) is 3.75. The molecular weight excluding hydrogens is 148 g/mol. The highest BCUT2D eigenvalue weighted by Crippen LogP contribution is 2.06. The fraction of sp³-hybridized carbons (Fsp3) is 0.300. The van der Waals surface area contributed by atoms with Gasteiger partial charge in [-0.2, -0.15) is 5.10 Å². The van der Waals surface area contributed by atoms with Crippen LogP contribution in [0.3, 0.4) is 0 Å². The van der Waals surface area contributed by atoms with Crippen LogP contribution in [0.15, 0.2) is 30.6 Å². The van der Waals surface area contributed by atoms with Crippen molar-refractivity contribution in [2.24, 2.45) is 0 Å². The second-order valence-corrected chi connectivity index (χ2v) is 2.35. The molecule has 0 radical (unpaired) electrons. The molecule has 0 aliphatic carbocycles. The van der Waals surface area contributed by atoms with Gasteiger partial charge in [-0.3, -0.25) is 0 Å². The fourth-order valence-electron chi connectivity index (χ4n) is 1.09. The number of hydrogen-bond acceptors (Lipinski definition) is 1. The number of hydrogen-bond donors (Lipinski definition) is 0. The van der Waals surface area contributed by atoms with Gasteiger partial charge in [0.1, 0.15) is 0 Å². The number of aryl methyl sites for hydroxylation is 1.